The SMILES string of the molecule is CC[C@H](C)NC(=O)[C@H](CC)N(Cc1cccc(C)c1)C(=O)CN(c1cc(C)cc(C)c1)S(=O)(=O)c1ccccc1. The van der Waals surface area contributed by atoms with E-state index in [4.69, 9.17) is 0 Å². The molecule has 0 unspecified atom stereocenters. The Balaban J connectivity index is 2.08. The van der Waals surface area contributed by atoms with Gasteiger partial charge in [-0.3, -0.25) is 13.9 Å². The van der Waals surface area contributed by atoms with Gasteiger partial charge in [0.2, 0.25) is 11.8 Å². The molecule has 0 aliphatic rings. The first-order chi connectivity index (χ1) is 19.0. The van der Waals surface area contributed by atoms with Gasteiger partial charge >= 0.3 is 0 Å². The minimum Gasteiger partial charge on any atom is -0.352 e. The molecule has 2 atom stereocenters. The molecule has 3 aromatic carbocycles. The van der Waals surface area contributed by atoms with Crippen LogP contribution in [0.4, 0.5) is 5.69 Å². The third kappa shape index (κ3) is 7.72. The fourth-order valence-corrected chi connectivity index (χ4v) is 6.13. The highest BCUT2D eigenvalue weighted by Crippen LogP contribution is 2.27. The third-order valence-corrected chi connectivity index (χ3v) is 8.71. The van der Waals surface area contributed by atoms with Crippen LogP contribution in [-0.4, -0.2) is 43.8 Å². The van der Waals surface area contributed by atoms with Crippen LogP contribution in [0.25, 0.3) is 0 Å². The van der Waals surface area contributed by atoms with Crippen molar-refractivity contribution in [3.05, 3.63) is 95.1 Å². The normalized spacial score (nSPS) is 12.8. The van der Waals surface area contributed by atoms with Crippen LogP contribution in [0.3, 0.4) is 0 Å². The summed E-state index contributed by atoms with van der Waals surface area (Å²) in [6, 6.07) is 20.5. The number of nitrogens with zero attached hydrogens (tertiary/aromatic N) is 2. The Bertz CT molecular complexity index is 1400. The summed E-state index contributed by atoms with van der Waals surface area (Å²) in [5, 5.41) is 3.00. The summed E-state index contributed by atoms with van der Waals surface area (Å²) in [6.45, 7) is 11.3. The molecule has 2 amide bonds. The zero-order valence-corrected chi connectivity index (χ0v) is 25.2. The largest absolute Gasteiger partial charge is 0.352 e. The Morgan fingerprint density at radius 3 is 2.05 bits per heavy atom. The summed E-state index contributed by atoms with van der Waals surface area (Å²) >= 11 is 0. The molecule has 40 heavy (non-hydrogen) atoms. The highest BCUT2D eigenvalue weighted by molar-refractivity contribution is 7.92. The van der Waals surface area contributed by atoms with Crippen LogP contribution >= 0.6 is 0 Å². The highest BCUT2D eigenvalue weighted by Gasteiger charge is 2.34. The van der Waals surface area contributed by atoms with Gasteiger partial charge in [0.25, 0.3) is 10.0 Å². The molecule has 0 fully saturated rings. The number of benzene rings is 3. The topological polar surface area (TPSA) is 86.8 Å². The average Bonchev–Trinajstić information content (AvgIpc) is 2.91. The highest BCUT2D eigenvalue weighted by atomic mass is 32.2. The van der Waals surface area contributed by atoms with Crippen molar-refractivity contribution in [1.82, 2.24) is 10.2 Å². The molecule has 214 valence electrons. The Morgan fingerprint density at radius 2 is 1.48 bits per heavy atom. The zero-order chi connectivity index (χ0) is 29.4. The lowest BCUT2D eigenvalue weighted by Crippen LogP contribution is -2.53. The number of aryl methyl sites for hydroxylation is 3. The molecular formula is C32H41N3O4S. The van der Waals surface area contributed by atoms with Crippen LogP contribution in [0.1, 0.15) is 55.9 Å². The molecule has 0 aliphatic carbocycles. The number of carbonyl (C=O) groups excluding carboxylic acids is 2. The average molecular weight is 564 g/mol. The molecule has 3 rings (SSSR count). The van der Waals surface area contributed by atoms with Gasteiger partial charge in [-0.05, 0) is 81.5 Å². The summed E-state index contributed by atoms with van der Waals surface area (Å²) in [4.78, 5) is 29.1. The van der Waals surface area contributed by atoms with Crippen molar-refractivity contribution in [2.75, 3.05) is 10.8 Å². The summed E-state index contributed by atoms with van der Waals surface area (Å²) < 4.78 is 29.1. The lowest BCUT2D eigenvalue weighted by Gasteiger charge is -2.34. The standard InChI is InChI=1S/C32H41N3O4S/c1-7-26(6)33-32(37)30(8-2)34(21-27-14-12-13-23(3)18-27)31(36)22-35(28-19-24(4)17-25(5)20-28)40(38,39)29-15-10-9-11-16-29/h9-20,26,30H,7-8,21-22H2,1-6H3,(H,33,37)/t26-,30-/m0/s1. The molecule has 1 N–H and O–H groups in total. The molecule has 0 heterocycles. The maximum absolute atomic E-state index is 14.2. The lowest BCUT2D eigenvalue weighted by molar-refractivity contribution is -0.140. The van der Waals surface area contributed by atoms with Crippen molar-refractivity contribution in [3.8, 4) is 0 Å². The second-order valence-corrected chi connectivity index (χ2v) is 12.3. The molecule has 0 aliphatic heterocycles. The summed E-state index contributed by atoms with van der Waals surface area (Å²) in [5.74, 6) is -0.701. The number of amides is 2. The summed E-state index contributed by atoms with van der Waals surface area (Å²) in [5.41, 5.74) is 4.07. The molecule has 0 spiro atoms. The molecule has 3 aromatic rings. The van der Waals surface area contributed by atoms with Gasteiger partial charge in [0.05, 0.1) is 10.6 Å². The van der Waals surface area contributed by atoms with E-state index in [2.05, 4.69) is 5.32 Å². The van der Waals surface area contributed by atoms with Gasteiger partial charge in [-0.25, -0.2) is 8.42 Å². The second-order valence-electron chi connectivity index (χ2n) is 10.4. The van der Waals surface area contributed by atoms with Gasteiger partial charge in [0.1, 0.15) is 12.6 Å². The summed E-state index contributed by atoms with van der Waals surface area (Å²) in [6.07, 6.45) is 1.14. The monoisotopic (exact) mass is 563 g/mol. The molecule has 0 saturated carbocycles. The van der Waals surface area contributed by atoms with Gasteiger partial charge in [-0.2, -0.15) is 0 Å². The van der Waals surface area contributed by atoms with Crippen molar-refractivity contribution >= 4 is 27.5 Å². The first kappa shape index (κ1) is 30.9. The predicted octanol–water partition coefficient (Wildman–Crippen LogP) is 5.53. The van der Waals surface area contributed by atoms with Crippen LogP contribution in [0, 0.1) is 20.8 Å². The predicted molar refractivity (Wildman–Crippen MR) is 161 cm³/mol. The molecule has 8 heteroatoms. The van der Waals surface area contributed by atoms with E-state index in [9.17, 15) is 18.0 Å². The van der Waals surface area contributed by atoms with E-state index in [1.54, 1.807) is 30.3 Å². The van der Waals surface area contributed by atoms with Crippen LogP contribution in [-0.2, 0) is 26.2 Å². The van der Waals surface area contributed by atoms with Crippen LogP contribution < -0.4 is 9.62 Å². The fourth-order valence-electron chi connectivity index (χ4n) is 4.71. The van der Waals surface area contributed by atoms with E-state index >= 15 is 0 Å². The number of sulfonamides is 1. The van der Waals surface area contributed by atoms with Crippen LogP contribution in [0.2, 0.25) is 0 Å². The Hall–Kier alpha value is -3.65. The van der Waals surface area contributed by atoms with E-state index in [1.165, 1.54) is 17.0 Å². The molecule has 0 saturated heterocycles. The van der Waals surface area contributed by atoms with Crippen molar-refractivity contribution in [1.29, 1.82) is 0 Å². The van der Waals surface area contributed by atoms with E-state index in [0.29, 0.717) is 12.1 Å². The molecule has 0 radical (unpaired) electrons. The van der Waals surface area contributed by atoms with Crippen LogP contribution in [0.5, 0.6) is 0 Å². The minimum absolute atomic E-state index is 0.0531. The van der Waals surface area contributed by atoms with Gasteiger partial charge in [-0.15, -0.1) is 0 Å². The minimum atomic E-state index is -4.09. The second kappa shape index (κ2) is 13.6. The zero-order valence-electron chi connectivity index (χ0n) is 24.3. The van der Waals surface area contributed by atoms with E-state index in [1.807, 2.05) is 71.9 Å². The van der Waals surface area contributed by atoms with Crippen molar-refractivity contribution in [2.45, 2.75) is 77.9 Å². The number of nitrogens with one attached hydrogen (secondary N) is 1. The first-order valence-electron chi connectivity index (χ1n) is 13.8. The van der Waals surface area contributed by atoms with Gasteiger partial charge in [0, 0.05) is 12.6 Å². The number of hydrogen-bond acceptors (Lipinski definition) is 4. The van der Waals surface area contributed by atoms with Gasteiger partial charge in [-0.1, -0.05) is 67.9 Å². The Morgan fingerprint density at radius 1 is 0.825 bits per heavy atom. The van der Waals surface area contributed by atoms with Gasteiger partial charge in [0.15, 0.2) is 0 Å². The third-order valence-electron chi connectivity index (χ3n) is 6.93. The lowest BCUT2D eigenvalue weighted by atomic mass is 10.1. The molecular weight excluding hydrogens is 522 g/mol. The molecule has 0 bridgehead atoms. The smallest absolute Gasteiger partial charge is 0.264 e. The molecule has 0 aromatic heterocycles. The van der Waals surface area contributed by atoms with E-state index in [-0.39, 0.29) is 23.4 Å². The molecule has 7 nitrogen and oxygen atoms in total. The quantitative estimate of drug-likeness (QED) is 0.314. The summed E-state index contributed by atoms with van der Waals surface area (Å²) in [7, 11) is -4.09. The maximum Gasteiger partial charge on any atom is 0.264 e. The van der Waals surface area contributed by atoms with Crippen molar-refractivity contribution < 1.29 is 18.0 Å². The Labute approximate surface area is 239 Å². The number of rotatable bonds is 12. The van der Waals surface area contributed by atoms with Crippen molar-refractivity contribution in [3.63, 3.8) is 0 Å². The maximum atomic E-state index is 14.2. The number of anilines is 1. The van der Waals surface area contributed by atoms with E-state index < -0.39 is 28.5 Å². The number of hydrogen-bond donors (Lipinski definition) is 1. The fraction of sp³-hybridized carbons (Fsp3) is 0.375. The first-order valence-corrected chi connectivity index (χ1v) is 15.2. The van der Waals surface area contributed by atoms with Crippen LogP contribution in [0.15, 0.2) is 77.7 Å². The van der Waals surface area contributed by atoms with E-state index in [0.717, 1.165) is 33.0 Å². The van der Waals surface area contributed by atoms with Crippen molar-refractivity contribution in [2.24, 2.45) is 0 Å². The number of carbonyl (C=O) groups is 2. The van der Waals surface area contributed by atoms with Gasteiger partial charge < -0.3 is 10.2 Å². The Kier molecular flexibility index (Phi) is 10.5.